The van der Waals surface area contributed by atoms with Gasteiger partial charge in [0, 0.05) is 11.1 Å². The molecule has 0 aliphatic heterocycles. The second-order valence-corrected chi connectivity index (χ2v) is 9.24. The number of nitrogens with two attached hydrogens (primary N) is 1. The van der Waals surface area contributed by atoms with Gasteiger partial charge in [-0.1, -0.05) is 45.1 Å². The third-order valence-electron chi connectivity index (χ3n) is 2.81. The van der Waals surface area contributed by atoms with Gasteiger partial charge in [-0.2, -0.15) is 0 Å². The van der Waals surface area contributed by atoms with Gasteiger partial charge in [0.05, 0.1) is 4.90 Å². The van der Waals surface area contributed by atoms with Crippen molar-refractivity contribution in [3.63, 3.8) is 0 Å². The van der Waals surface area contributed by atoms with E-state index in [1.807, 2.05) is 13.8 Å². The molecule has 1 rings (SSSR count). The number of hydrogen-bond donors (Lipinski definition) is 2. The minimum absolute atomic E-state index is 0.0205. The monoisotopic (exact) mass is 328 g/mol. The molecule has 0 aliphatic rings. The predicted molar refractivity (Wildman–Crippen MR) is 90.8 cm³/mol. The highest BCUT2D eigenvalue weighted by Crippen LogP contribution is 2.28. The van der Waals surface area contributed by atoms with Gasteiger partial charge in [0.25, 0.3) is 0 Å². The Labute approximate surface area is 133 Å². The molecule has 118 valence electrons. The maximum atomic E-state index is 12.5. The summed E-state index contributed by atoms with van der Waals surface area (Å²) in [7, 11) is -3.61. The lowest BCUT2D eigenvalue weighted by atomic mass is 9.82. The van der Waals surface area contributed by atoms with Crippen molar-refractivity contribution < 1.29 is 8.42 Å². The fourth-order valence-corrected chi connectivity index (χ4v) is 4.19. The molecule has 0 radical (unpaired) electrons. The summed E-state index contributed by atoms with van der Waals surface area (Å²) in [5, 5.41) is 0. The molecule has 0 bridgehead atoms. The lowest BCUT2D eigenvalue weighted by molar-refractivity contribution is 0.269. The Hall–Kier alpha value is -0.980. The summed E-state index contributed by atoms with van der Waals surface area (Å²) < 4.78 is 27.8. The van der Waals surface area contributed by atoms with Gasteiger partial charge in [0.1, 0.15) is 4.99 Å². The Morgan fingerprint density at radius 3 is 2.29 bits per heavy atom. The van der Waals surface area contributed by atoms with Crippen LogP contribution in [0.25, 0.3) is 0 Å². The number of rotatable bonds is 5. The van der Waals surface area contributed by atoms with Crippen LogP contribution >= 0.6 is 12.2 Å². The average Bonchev–Trinajstić information content (AvgIpc) is 2.24. The molecule has 1 aromatic carbocycles. The molecule has 21 heavy (non-hydrogen) atoms. The molecule has 0 amide bonds. The SMILES string of the molecule is CC(C)(C)CC(C)(C)NS(=O)(=O)c1cccc(C(N)=S)c1. The number of benzene rings is 1. The molecule has 0 spiro atoms. The molecule has 1 aromatic rings. The molecule has 3 N–H and O–H groups in total. The van der Waals surface area contributed by atoms with Crippen LogP contribution in [0.5, 0.6) is 0 Å². The summed E-state index contributed by atoms with van der Waals surface area (Å²) >= 11 is 4.89. The van der Waals surface area contributed by atoms with Crippen LogP contribution in [0, 0.1) is 5.41 Å². The van der Waals surface area contributed by atoms with E-state index >= 15 is 0 Å². The molecule has 0 fully saturated rings. The van der Waals surface area contributed by atoms with Gasteiger partial charge in [-0.15, -0.1) is 0 Å². The van der Waals surface area contributed by atoms with Gasteiger partial charge in [0.15, 0.2) is 0 Å². The fourth-order valence-electron chi connectivity index (χ4n) is 2.60. The molecule has 0 aliphatic carbocycles. The number of thiocarbonyl (C=S) groups is 1. The highest BCUT2D eigenvalue weighted by atomic mass is 32.2. The Kier molecular flexibility index (Phi) is 5.18. The maximum absolute atomic E-state index is 12.5. The molecule has 0 unspecified atom stereocenters. The normalized spacial score (nSPS) is 13.2. The van der Waals surface area contributed by atoms with E-state index in [1.165, 1.54) is 12.1 Å². The molecule has 0 heterocycles. The molecule has 0 atom stereocenters. The summed E-state index contributed by atoms with van der Waals surface area (Å²) in [4.78, 5) is 0.357. The van der Waals surface area contributed by atoms with Gasteiger partial charge in [0.2, 0.25) is 10.0 Å². The average molecular weight is 329 g/mol. The number of nitrogens with one attached hydrogen (secondary N) is 1. The van der Waals surface area contributed by atoms with Gasteiger partial charge < -0.3 is 5.73 Å². The van der Waals surface area contributed by atoms with Crippen molar-refractivity contribution in [2.75, 3.05) is 0 Å². The largest absolute Gasteiger partial charge is 0.389 e. The van der Waals surface area contributed by atoms with E-state index < -0.39 is 15.6 Å². The predicted octanol–water partition coefficient (Wildman–Crippen LogP) is 2.81. The summed E-state index contributed by atoms with van der Waals surface area (Å²) in [5.74, 6) is 0. The molecular weight excluding hydrogens is 304 g/mol. The van der Waals surface area contributed by atoms with Crippen molar-refractivity contribution in [2.24, 2.45) is 11.1 Å². The summed E-state index contributed by atoms with van der Waals surface area (Å²) in [6.45, 7) is 10.0. The molecule has 0 aromatic heterocycles. The standard InChI is InChI=1S/C15H24N2O2S2/c1-14(2,3)10-15(4,5)17-21(18,19)12-8-6-7-11(9-12)13(16)20/h6-9,17H,10H2,1-5H3,(H2,16,20). The summed E-state index contributed by atoms with van der Waals surface area (Å²) in [6, 6.07) is 6.37. The highest BCUT2D eigenvalue weighted by molar-refractivity contribution is 7.89. The van der Waals surface area contributed by atoms with Crippen molar-refractivity contribution in [3.05, 3.63) is 29.8 Å². The minimum Gasteiger partial charge on any atom is -0.389 e. The molecule has 4 nitrogen and oxygen atoms in total. The number of hydrogen-bond acceptors (Lipinski definition) is 3. The van der Waals surface area contributed by atoms with Crippen molar-refractivity contribution in [1.82, 2.24) is 4.72 Å². The second-order valence-electron chi connectivity index (χ2n) is 7.12. The van der Waals surface area contributed by atoms with Crippen molar-refractivity contribution in [2.45, 2.75) is 51.5 Å². The quantitative estimate of drug-likeness (QED) is 0.815. The van der Waals surface area contributed by atoms with E-state index in [1.54, 1.807) is 12.1 Å². The third-order valence-corrected chi connectivity index (χ3v) is 4.74. The van der Waals surface area contributed by atoms with Gasteiger partial charge in [-0.25, -0.2) is 13.1 Å². The Balaban J connectivity index is 3.07. The van der Waals surface area contributed by atoms with Crippen LogP contribution in [0.15, 0.2) is 29.2 Å². The molecular formula is C15H24N2O2S2. The Morgan fingerprint density at radius 1 is 1.24 bits per heavy atom. The van der Waals surface area contributed by atoms with Crippen LogP contribution in [-0.2, 0) is 10.0 Å². The third kappa shape index (κ3) is 5.73. The van der Waals surface area contributed by atoms with Crippen molar-refractivity contribution >= 4 is 27.2 Å². The summed E-state index contributed by atoms with van der Waals surface area (Å²) in [5.41, 5.74) is 5.57. The molecule has 0 saturated carbocycles. The molecule has 6 heteroatoms. The first-order valence-corrected chi connectivity index (χ1v) is 8.65. The fraction of sp³-hybridized carbons (Fsp3) is 0.533. The first-order chi connectivity index (χ1) is 9.32. The van der Waals surface area contributed by atoms with E-state index in [2.05, 4.69) is 25.5 Å². The zero-order chi connectivity index (χ0) is 16.5. The maximum Gasteiger partial charge on any atom is 0.241 e. The van der Waals surface area contributed by atoms with Crippen LogP contribution < -0.4 is 10.5 Å². The highest BCUT2D eigenvalue weighted by Gasteiger charge is 2.30. The topological polar surface area (TPSA) is 72.2 Å². The first kappa shape index (κ1) is 18.1. The van der Waals surface area contributed by atoms with Crippen LogP contribution in [0.2, 0.25) is 0 Å². The second kappa shape index (κ2) is 6.02. The van der Waals surface area contributed by atoms with Crippen molar-refractivity contribution in [1.29, 1.82) is 0 Å². The van der Waals surface area contributed by atoms with Gasteiger partial charge in [-0.05, 0) is 37.8 Å². The van der Waals surface area contributed by atoms with Crippen LogP contribution in [0.3, 0.4) is 0 Å². The van der Waals surface area contributed by atoms with Crippen LogP contribution in [-0.4, -0.2) is 18.9 Å². The molecule has 0 saturated heterocycles. The van der Waals surface area contributed by atoms with E-state index in [0.29, 0.717) is 12.0 Å². The van der Waals surface area contributed by atoms with Gasteiger partial charge >= 0.3 is 0 Å². The van der Waals surface area contributed by atoms with Gasteiger partial charge in [-0.3, -0.25) is 0 Å². The van der Waals surface area contributed by atoms with Crippen LogP contribution in [0.1, 0.15) is 46.6 Å². The van der Waals surface area contributed by atoms with E-state index in [9.17, 15) is 8.42 Å². The van der Waals surface area contributed by atoms with E-state index in [-0.39, 0.29) is 15.3 Å². The Morgan fingerprint density at radius 2 is 1.81 bits per heavy atom. The van der Waals surface area contributed by atoms with E-state index in [4.69, 9.17) is 18.0 Å². The lowest BCUT2D eigenvalue weighted by Crippen LogP contribution is -2.45. The van der Waals surface area contributed by atoms with Crippen molar-refractivity contribution in [3.8, 4) is 0 Å². The lowest BCUT2D eigenvalue weighted by Gasteiger charge is -2.33. The first-order valence-electron chi connectivity index (χ1n) is 6.76. The minimum atomic E-state index is -3.61. The Bertz CT molecular complexity index is 629. The zero-order valence-electron chi connectivity index (χ0n) is 13.2. The summed E-state index contributed by atoms with van der Waals surface area (Å²) in [6.07, 6.45) is 0.716. The zero-order valence-corrected chi connectivity index (χ0v) is 14.9. The smallest absolute Gasteiger partial charge is 0.241 e. The number of sulfonamides is 1. The van der Waals surface area contributed by atoms with Crippen LogP contribution in [0.4, 0.5) is 0 Å². The van der Waals surface area contributed by atoms with E-state index in [0.717, 1.165) is 0 Å².